The Morgan fingerprint density at radius 3 is 2.71 bits per heavy atom. The molecule has 0 aliphatic rings. The van der Waals surface area contributed by atoms with Gasteiger partial charge in [0.25, 0.3) is 0 Å². The first-order valence-corrected chi connectivity index (χ1v) is 7.56. The number of hydrogen-bond acceptors (Lipinski definition) is 4. The quantitative estimate of drug-likeness (QED) is 0.684. The van der Waals surface area contributed by atoms with Crippen molar-refractivity contribution in [1.82, 2.24) is 9.97 Å². The first kappa shape index (κ1) is 13.6. The monoisotopic (exact) mass is 294 g/mol. The van der Waals surface area contributed by atoms with Crippen LogP contribution in [-0.4, -0.2) is 15.8 Å². The second kappa shape index (κ2) is 5.97. The van der Waals surface area contributed by atoms with Crippen LogP contribution in [0.15, 0.2) is 54.0 Å². The van der Waals surface area contributed by atoms with Gasteiger partial charge in [0.1, 0.15) is 5.01 Å². The van der Waals surface area contributed by atoms with Crippen molar-refractivity contribution in [3.63, 3.8) is 0 Å². The molecule has 0 saturated heterocycles. The molecule has 0 fully saturated rings. The Balaban J connectivity index is 1.79. The number of hydrogen-bond donors (Lipinski definition) is 0. The van der Waals surface area contributed by atoms with Gasteiger partial charge in [-0.05, 0) is 19.1 Å². The maximum atomic E-state index is 12.3. The van der Waals surface area contributed by atoms with Crippen LogP contribution in [0.1, 0.15) is 21.1 Å². The van der Waals surface area contributed by atoms with E-state index in [1.54, 1.807) is 12.3 Å². The highest BCUT2D eigenvalue weighted by atomic mass is 32.1. The standard InChI is InChI=1S/C17H14N2OS/c1-12-14(8-5-9-18-12)16(20)10-17-19-15(11-21-17)13-6-3-2-4-7-13/h2-9,11H,10H2,1H3. The van der Waals surface area contributed by atoms with Crippen molar-refractivity contribution in [2.45, 2.75) is 13.3 Å². The summed E-state index contributed by atoms with van der Waals surface area (Å²) >= 11 is 1.52. The SMILES string of the molecule is Cc1ncccc1C(=O)Cc1nc(-c2ccccc2)cs1. The summed E-state index contributed by atoms with van der Waals surface area (Å²) in [6.07, 6.45) is 2.02. The average molecular weight is 294 g/mol. The Morgan fingerprint density at radius 1 is 1.14 bits per heavy atom. The molecule has 21 heavy (non-hydrogen) atoms. The largest absolute Gasteiger partial charge is 0.294 e. The highest BCUT2D eigenvalue weighted by Crippen LogP contribution is 2.22. The predicted molar refractivity (Wildman–Crippen MR) is 84.6 cm³/mol. The molecule has 0 bridgehead atoms. The molecule has 0 aliphatic heterocycles. The van der Waals surface area contributed by atoms with Gasteiger partial charge in [0.05, 0.1) is 12.1 Å². The molecule has 0 radical (unpaired) electrons. The number of pyridine rings is 1. The number of ketones is 1. The third kappa shape index (κ3) is 3.06. The van der Waals surface area contributed by atoms with E-state index in [1.165, 1.54) is 11.3 Å². The molecule has 104 valence electrons. The van der Waals surface area contributed by atoms with Gasteiger partial charge in [0, 0.05) is 28.4 Å². The molecule has 3 rings (SSSR count). The predicted octanol–water partition coefficient (Wildman–Crippen LogP) is 3.94. The summed E-state index contributed by atoms with van der Waals surface area (Å²) in [5.41, 5.74) is 3.44. The number of nitrogens with zero attached hydrogens (tertiary/aromatic N) is 2. The smallest absolute Gasteiger partial charge is 0.171 e. The van der Waals surface area contributed by atoms with Gasteiger partial charge in [-0.15, -0.1) is 11.3 Å². The molecule has 0 N–H and O–H groups in total. The molecule has 0 spiro atoms. The minimum Gasteiger partial charge on any atom is -0.294 e. The van der Waals surface area contributed by atoms with Gasteiger partial charge in [0.2, 0.25) is 0 Å². The van der Waals surface area contributed by atoms with E-state index in [0.29, 0.717) is 12.0 Å². The Bertz CT molecular complexity index is 765. The number of benzene rings is 1. The summed E-state index contributed by atoms with van der Waals surface area (Å²) < 4.78 is 0. The molecular weight excluding hydrogens is 280 g/mol. The van der Waals surface area contributed by atoms with Crippen LogP contribution in [0.4, 0.5) is 0 Å². The molecule has 2 heterocycles. The van der Waals surface area contributed by atoms with Crippen LogP contribution in [-0.2, 0) is 6.42 Å². The van der Waals surface area contributed by atoms with Crippen LogP contribution >= 0.6 is 11.3 Å². The van der Waals surface area contributed by atoms with Crippen LogP contribution in [0.2, 0.25) is 0 Å². The van der Waals surface area contributed by atoms with Crippen LogP contribution < -0.4 is 0 Å². The molecule has 3 aromatic rings. The van der Waals surface area contributed by atoms with Crippen molar-refractivity contribution < 1.29 is 4.79 Å². The molecule has 0 aliphatic carbocycles. The van der Waals surface area contributed by atoms with E-state index >= 15 is 0 Å². The van der Waals surface area contributed by atoms with Crippen molar-refractivity contribution in [3.05, 3.63) is 70.3 Å². The van der Waals surface area contributed by atoms with E-state index in [-0.39, 0.29) is 5.78 Å². The number of aromatic nitrogens is 2. The molecule has 4 heteroatoms. The Morgan fingerprint density at radius 2 is 1.95 bits per heavy atom. The van der Waals surface area contributed by atoms with Crippen LogP contribution in [0.25, 0.3) is 11.3 Å². The van der Waals surface area contributed by atoms with Gasteiger partial charge in [-0.1, -0.05) is 30.3 Å². The van der Waals surface area contributed by atoms with E-state index in [9.17, 15) is 4.79 Å². The minimum atomic E-state index is 0.0644. The summed E-state index contributed by atoms with van der Waals surface area (Å²) in [7, 11) is 0. The summed E-state index contributed by atoms with van der Waals surface area (Å²) in [4.78, 5) is 21.0. The second-order valence-electron chi connectivity index (χ2n) is 4.73. The first-order valence-electron chi connectivity index (χ1n) is 6.68. The molecule has 0 saturated carbocycles. The lowest BCUT2D eigenvalue weighted by Gasteiger charge is -2.01. The Hall–Kier alpha value is -2.33. The van der Waals surface area contributed by atoms with Crippen molar-refractivity contribution >= 4 is 17.1 Å². The molecule has 0 amide bonds. The number of carbonyl (C=O) groups excluding carboxylic acids is 1. The van der Waals surface area contributed by atoms with Gasteiger partial charge in [-0.3, -0.25) is 9.78 Å². The second-order valence-corrected chi connectivity index (χ2v) is 5.67. The fraction of sp³-hybridized carbons (Fsp3) is 0.118. The van der Waals surface area contributed by atoms with E-state index in [0.717, 1.165) is 22.0 Å². The van der Waals surface area contributed by atoms with Crippen molar-refractivity contribution in [2.75, 3.05) is 0 Å². The van der Waals surface area contributed by atoms with E-state index in [1.807, 2.05) is 48.7 Å². The maximum absolute atomic E-state index is 12.3. The normalized spacial score (nSPS) is 10.5. The average Bonchev–Trinajstić information content (AvgIpc) is 2.97. The summed E-state index contributed by atoms with van der Waals surface area (Å²) in [5.74, 6) is 0.0644. The third-order valence-corrected chi connectivity index (χ3v) is 4.09. The van der Waals surface area contributed by atoms with Gasteiger partial charge < -0.3 is 0 Å². The van der Waals surface area contributed by atoms with Crippen LogP contribution in [0, 0.1) is 6.92 Å². The van der Waals surface area contributed by atoms with Crippen molar-refractivity contribution in [3.8, 4) is 11.3 Å². The topological polar surface area (TPSA) is 42.9 Å². The lowest BCUT2D eigenvalue weighted by molar-refractivity contribution is 0.0992. The highest BCUT2D eigenvalue weighted by molar-refractivity contribution is 7.10. The number of Topliss-reactive ketones (excluding diaryl/α,β-unsaturated/α-hetero) is 1. The number of aryl methyl sites for hydroxylation is 1. The fourth-order valence-corrected chi connectivity index (χ4v) is 2.95. The molecule has 3 nitrogen and oxygen atoms in total. The zero-order valence-corrected chi connectivity index (χ0v) is 12.4. The summed E-state index contributed by atoms with van der Waals surface area (Å²) in [6, 6.07) is 13.6. The maximum Gasteiger partial charge on any atom is 0.171 e. The zero-order valence-electron chi connectivity index (χ0n) is 11.6. The molecule has 2 aromatic heterocycles. The van der Waals surface area contributed by atoms with E-state index in [2.05, 4.69) is 9.97 Å². The third-order valence-electron chi connectivity index (χ3n) is 3.24. The summed E-state index contributed by atoms with van der Waals surface area (Å²) in [6.45, 7) is 1.85. The number of rotatable bonds is 4. The number of thiazole rings is 1. The summed E-state index contributed by atoms with van der Waals surface area (Å²) in [5, 5.41) is 2.83. The molecule has 0 atom stereocenters. The van der Waals surface area contributed by atoms with Gasteiger partial charge in [-0.2, -0.15) is 0 Å². The van der Waals surface area contributed by atoms with Gasteiger partial charge in [0.15, 0.2) is 5.78 Å². The highest BCUT2D eigenvalue weighted by Gasteiger charge is 2.13. The molecule has 1 aromatic carbocycles. The molecule has 0 unspecified atom stereocenters. The first-order chi connectivity index (χ1) is 10.2. The van der Waals surface area contributed by atoms with E-state index in [4.69, 9.17) is 0 Å². The van der Waals surface area contributed by atoms with Crippen molar-refractivity contribution in [2.24, 2.45) is 0 Å². The van der Waals surface area contributed by atoms with Crippen molar-refractivity contribution in [1.29, 1.82) is 0 Å². The van der Waals surface area contributed by atoms with Crippen LogP contribution in [0.3, 0.4) is 0 Å². The lowest BCUT2D eigenvalue weighted by Crippen LogP contribution is -2.06. The van der Waals surface area contributed by atoms with Gasteiger partial charge in [-0.25, -0.2) is 4.98 Å². The lowest BCUT2D eigenvalue weighted by atomic mass is 10.1. The number of carbonyl (C=O) groups is 1. The minimum absolute atomic E-state index is 0.0644. The Labute approximate surface area is 127 Å². The Kier molecular flexibility index (Phi) is 3.88. The van der Waals surface area contributed by atoms with Gasteiger partial charge >= 0.3 is 0 Å². The van der Waals surface area contributed by atoms with Crippen LogP contribution in [0.5, 0.6) is 0 Å². The molecular formula is C17H14N2OS. The fourth-order valence-electron chi connectivity index (χ4n) is 2.15. The van der Waals surface area contributed by atoms with E-state index < -0.39 is 0 Å². The zero-order chi connectivity index (χ0) is 14.7.